The molecule has 1 atom stereocenters. The van der Waals surface area contributed by atoms with Crippen LogP contribution in [-0.2, 0) is 23.9 Å². The van der Waals surface area contributed by atoms with Gasteiger partial charge < -0.3 is 14.8 Å². The van der Waals surface area contributed by atoms with Crippen LogP contribution in [0.5, 0.6) is 0 Å². The van der Waals surface area contributed by atoms with Crippen LogP contribution in [0, 0.1) is 5.41 Å². The summed E-state index contributed by atoms with van der Waals surface area (Å²) in [5.41, 5.74) is -2.10. The summed E-state index contributed by atoms with van der Waals surface area (Å²) in [5.74, 6) is -1.67. The molecule has 0 spiro atoms. The highest BCUT2D eigenvalue weighted by atomic mass is 16.6. The van der Waals surface area contributed by atoms with Crippen LogP contribution in [0.15, 0.2) is 0 Å². The fraction of sp³-hybridized carbons (Fsp3) is 0.786. The Kier molecular flexibility index (Phi) is 5.14. The molecule has 114 valence electrons. The van der Waals surface area contributed by atoms with E-state index in [1.807, 2.05) is 0 Å². The molecule has 0 bridgehead atoms. The first-order valence-corrected chi connectivity index (χ1v) is 6.88. The zero-order chi connectivity index (χ0) is 15.4. The van der Waals surface area contributed by atoms with Crippen molar-refractivity contribution in [2.75, 3.05) is 13.2 Å². The number of carbonyl (C=O) groups is 3. The molecule has 20 heavy (non-hydrogen) atoms. The molecule has 0 radical (unpaired) electrons. The Hall–Kier alpha value is -1.59. The van der Waals surface area contributed by atoms with Gasteiger partial charge in [0.25, 0.3) is 0 Å². The summed E-state index contributed by atoms with van der Waals surface area (Å²) in [5, 5.41) is 2.63. The quantitative estimate of drug-likeness (QED) is 0.619. The second-order valence-electron chi connectivity index (χ2n) is 5.93. The lowest BCUT2D eigenvalue weighted by Crippen LogP contribution is -2.52. The van der Waals surface area contributed by atoms with Crippen molar-refractivity contribution < 1.29 is 23.9 Å². The third kappa shape index (κ3) is 3.95. The van der Waals surface area contributed by atoms with E-state index in [0.29, 0.717) is 19.4 Å². The van der Waals surface area contributed by atoms with Gasteiger partial charge >= 0.3 is 11.9 Å². The molecule has 1 amide bonds. The van der Waals surface area contributed by atoms with Gasteiger partial charge in [-0.05, 0) is 40.5 Å². The van der Waals surface area contributed by atoms with Crippen molar-refractivity contribution >= 4 is 17.8 Å². The van der Waals surface area contributed by atoms with Crippen LogP contribution in [0.3, 0.4) is 0 Å². The highest BCUT2D eigenvalue weighted by molar-refractivity contribution is 6.05. The third-order valence-corrected chi connectivity index (χ3v) is 3.03. The first kappa shape index (κ1) is 16.5. The molecule has 6 nitrogen and oxygen atoms in total. The lowest BCUT2D eigenvalue weighted by atomic mass is 9.77. The number of piperidine rings is 1. The number of nitrogens with one attached hydrogen (secondary N) is 1. The summed E-state index contributed by atoms with van der Waals surface area (Å²) < 4.78 is 10.2. The minimum atomic E-state index is -1.45. The molecule has 1 heterocycles. The van der Waals surface area contributed by atoms with Gasteiger partial charge in [-0.15, -0.1) is 0 Å². The molecule has 0 aromatic rings. The molecular formula is C14H23NO5. The molecule has 1 fully saturated rings. The highest BCUT2D eigenvalue weighted by Crippen LogP contribution is 2.34. The number of amides is 1. The lowest BCUT2D eigenvalue weighted by Gasteiger charge is -2.33. The van der Waals surface area contributed by atoms with Gasteiger partial charge in [0.2, 0.25) is 5.91 Å². The van der Waals surface area contributed by atoms with Crippen LogP contribution >= 0.6 is 0 Å². The monoisotopic (exact) mass is 285 g/mol. The zero-order valence-electron chi connectivity index (χ0n) is 12.6. The van der Waals surface area contributed by atoms with E-state index in [-0.39, 0.29) is 13.0 Å². The molecule has 1 aliphatic rings. The molecular weight excluding hydrogens is 262 g/mol. The number of carbonyl (C=O) groups excluding carboxylic acids is 3. The molecule has 1 N–H and O–H groups in total. The predicted octanol–water partition coefficient (Wildman–Crippen LogP) is 1.18. The Morgan fingerprint density at radius 2 is 2.00 bits per heavy atom. The Bertz CT molecular complexity index is 399. The van der Waals surface area contributed by atoms with Gasteiger partial charge in [0, 0.05) is 6.54 Å². The van der Waals surface area contributed by atoms with Gasteiger partial charge in [-0.1, -0.05) is 0 Å². The fourth-order valence-electron chi connectivity index (χ4n) is 2.20. The van der Waals surface area contributed by atoms with Gasteiger partial charge in [-0.25, -0.2) is 0 Å². The van der Waals surface area contributed by atoms with Crippen LogP contribution in [0.4, 0.5) is 0 Å². The summed E-state index contributed by atoms with van der Waals surface area (Å²) in [7, 11) is 0. The van der Waals surface area contributed by atoms with E-state index in [0.717, 1.165) is 0 Å². The standard InChI is InChI=1S/C14H23NO5/c1-5-19-12(18)14(7-6-8-15-11(14)17)9-10(16)20-13(2,3)4/h5-9H2,1-4H3,(H,15,17). The fourth-order valence-corrected chi connectivity index (χ4v) is 2.20. The van der Waals surface area contributed by atoms with E-state index >= 15 is 0 Å². The highest BCUT2D eigenvalue weighted by Gasteiger charge is 2.50. The number of ether oxygens (including phenoxy) is 2. The molecule has 0 aromatic heterocycles. The molecule has 0 aromatic carbocycles. The second kappa shape index (κ2) is 6.24. The number of hydrogen-bond acceptors (Lipinski definition) is 5. The first-order valence-electron chi connectivity index (χ1n) is 6.88. The topological polar surface area (TPSA) is 81.7 Å². The Labute approximate surface area is 119 Å². The summed E-state index contributed by atoms with van der Waals surface area (Å²) in [6.07, 6.45) is 0.652. The zero-order valence-corrected chi connectivity index (χ0v) is 12.6. The van der Waals surface area contributed by atoms with Gasteiger partial charge in [0.05, 0.1) is 13.0 Å². The van der Waals surface area contributed by atoms with Crippen LogP contribution < -0.4 is 5.32 Å². The van der Waals surface area contributed by atoms with Crippen molar-refractivity contribution in [1.29, 1.82) is 0 Å². The summed E-state index contributed by atoms with van der Waals surface area (Å²) in [6, 6.07) is 0. The summed E-state index contributed by atoms with van der Waals surface area (Å²) >= 11 is 0. The Balaban J connectivity index is 2.91. The maximum Gasteiger partial charge on any atom is 0.322 e. The van der Waals surface area contributed by atoms with Crippen molar-refractivity contribution in [2.45, 2.75) is 52.6 Å². The van der Waals surface area contributed by atoms with Crippen molar-refractivity contribution in [3.63, 3.8) is 0 Å². The van der Waals surface area contributed by atoms with Crippen molar-refractivity contribution in [2.24, 2.45) is 5.41 Å². The second-order valence-corrected chi connectivity index (χ2v) is 5.93. The van der Waals surface area contributed by atoms with E-state index in [4.69, 9.17) is 9.47 Å². The summed E-state index contributed by atoms with van der Waals surface area (Å²) in [6.45, 7) is 7.56. The lowest BCUT2D eigenvalue weighted by molar-refractivity contribution is -0.173. The summed E-state index contributed by atoms with van der Waals surface area (Å²) in [4.78, 5) is 36.2. The maximum absolute atomic E-state index is 12.1. The molecule has 6 heteroatoms. The average molecular weight is 285 g/mol. The number of esters is 2. The molecule has 1 saturated heterocycles. The smallest absolute Gasteiger partial charge is 0.322 e. The molecule has 1 unspecified atom stereocenters. The van der Waals surface area contributed by atoms with E-state index < -0.39 is 28.9 Å². The van der Waals surface area contributed by atoms with Crippen molar-refractivity contribution in [3.8, 4) is 0 Å². The SMILES string of the molecule is CCOC(=O)C1(CC(=O)OC(C)(C)C)CCCNC1=O. The van der Waals surface area contributed by atoms with Crippen LogP contribution in [0.1, 0.15) is 47.0 Å². The molecule has 0 aliphatic carbocycles. The number of rotatable bonds is 4. The van der Waals surface area contributed by atoms with Crippen molar-refractivity contribution in [3.05, 3.63) is 0 Å². The maximum atomic E-state index is 12.1. The van der Waals surface area contributed by atoms with E-state index in [1.54, 1.807) is 27.7 Å². The van der Waals surface area contributed by atoms with Gasteiger partial charge in [-0.3, -0.25) is 14.4 Å². The van der Waals surface area contributed by atoms with Gasteiger partial charge in [0.15, 0.2) is 5.41 Å². The number of hydrogen-bond donors (Lipinski definition) is 1. The molecule has 1 aliphatic heterocycles. The van der Waals surface area contributed by atoms with Crippen LogP contribution in [0.25, 0.3) is 0 Å². The minimum absolute atomic E-state index is 0.169. The van der Waals surface area contributed by atoms with Gasteiger partial charge in [0.1, 0.15) is 5.60 Å². The normalized spacial score (nSPS) is 22.9. The van der Waals surface area contributed by atoms with Crippen LogP contribution in [0.2, 0.25) is 0 Å². The Morgan fingerprint density at radius 3 is 2.50 bits per heavy atom. The predicted molar refractivity (Wildman–Crippen MR) is 71.8 cm³/mol. The molecule has 0 saturated carbocycles. The Morgan fingerprint density at radius 1 is 1.35 bits per heavy atom. The average Bonchev–Trinajstić information content (AvgIpc) is 2.30. The van der Waals surface area contributed by atoms with Crippen LogP contribution in [-0.4, -0.2) is 36.6 Å². The first-order chi connectivity index (χ1) is 9.21. The third-order valence-electron chi connectivity index (χ3n) is 3.03. The van der Waals surface area contributed by atoms with Gasteiger partial charge in [-0.2, -0.15) is 0 Å². The van der Waals surface area contributed by atoms with E-state index in [2.05, 4.69) is 5.32 Å². The van der Waals surface area contributed by atoms with E-state index in [9.17, 15) is 14.4 Å². The van der Waals surface area contributed by atoms with Crippen molar-refractivity contribution in [1.82, 2.24) is 5.32 Å². The molecule has 1 rings (SSSR count). The van der Waals surface area contributed by atoms with E-state index in [1.165, 1.54) is 0 Å². The largest absolute Gasteiger partial charge is 0.465 e. The minimum Gasteiger partial charge on any atom is -0.465 e.